The number of benzene rings is 6. The van der Waals surface area contributed by atoms with Gasteiger partial charge >= 0.3 is 0 Å². The molecule has 2 heteroatoms. The Morgan fingerprint density at radius 2 is 0.463 bits per heavy atom. The van der Waals surface area contributed by atoms with Gasteiger partial charge in [-0.3, -0.25) is 0 Å². The Morgan fingerprint density at radius 3 is 0.634 bits per heavy atom. The van der Waals surface area contributed by atoms with Crippen molar-refractivity contribution in [2.45, 2.75) is 244 Å². The van der Waals surface area contributed by atoms with Crippen LogP contribution in [0, 0.1) is 24.7 Å². The highest BCUT2D eigenvalue weighted by atomic mass is 16.5. The van der Waals surface area contributed by atoms with Gasteiger partial charge in [0.25, 0.3) is 0 Å². The number of hydrogen-bond acceptors (Lipinski definition) is 2. The van der Waals surface area contributed by atoms with E-state index in [9.17, 15) is 0 Å². The molecule has 0 bridgehead atoms. The molecule has 0 amide bonds. The summed E-state index contributed by atoms with van der Waals surface area (Å²) in [6.07, 6.45) is 54.7. The molecular weight excluding hydrogens is 993 g/mol. The molecule has 0 spiro atoms. The highest BCUT2D eigenvalue weighted by molar-refractivity contribution is 5.90. The van der Waals surface area contributed by atoms with Crippen molar-refractivity contribution in [3.05, 3.63) is 166 Å². The van der Waals surface area contributed by atoms with Crippen LogP contribution >= 0.6 is 0 Å². The normalized spacial score (nSPS) is 15.5. The van der Waals surface area contributed by atoms with E-state index < -0.39 is 11.2 Å². The zero-order chi connectivity index (χ0) is 57.8. The van der Waals surface area contributed by atoms with E-state index in [1.165, 1.54) is 202 Å². The molecule has 1 aliphatic rings. The molecule has 0 radical (unpaired) electrons. The van der Waals surface area contributed by atoms with Crippen LogP contribution in [0.1, 0.15) is 252 Å². The van der Waals surface area contributed by atoms with Gasteiger partial charge in [0.2, 0.25) is 0 Å². The molecule has 6 aromatic rings. The first-order valence-electron chi connectivity index (χ1n) is 33.1. The molecule has 0 atom stereocenters. The van der Waals surface area contributed by atoms with Gasteiger partial charge in [-0.2, -0.15) is 0 Å². The van der Waals surface area contributed by atoms with Crippen molar-refractivity contribution in [1.29, 1.82) is 0 Å². The van der Waals surface area contributed by atoms with Gasteiger partial charge in [0.15, 0.2) is 11.2 Å². The average molecular weight is 1100 g/mol. The monoisotopic (exact) mass is 1100 g/mol. The van der Waals surface area contributed by atoms with Gasteiger partial charge in [-0.25, -0.2) is 0 Å². The number of methoxy groups -OCH3 is 2. The van der Waals surface area contributed by atoms with Gasteiger partial charge in [-0.05, 0) is 142 Å². The van der Waals surface area contributed by atoms with Crippen molar-refractivity contribution in [3.8, 4) is 69.2 Å². The smallest absolute Gasteiger partial charge is 0.179 e. The number of terminal acetylenes is 2. The predicted molar refractivity (Wildman–Crippen MR) is 355 cm³/mol. The summed E-state index contributed by atoms with van der Waals surface area (Å²) in [5.41, 5.74) is 15.2. The third kappa shape index (κ3) is 16.8. The number of hydrogen-bond donors (Lipinski definition) is 0. The van der Waals surface area contributed by atoms with Crippen molar-refractivity contribution in [2.24, 2.45) is 0 Å². The summed E-state index contributed by atoms with van der Waals surface area (Å²) in [6.45, 7) is 9.16. The van der Waals surface area contributed by atoms with Crippen LogP contribution in [-0.2, 0) is 46.4 Å². The van der Waals surface area contributed by atoms with Crippen LogP contribution in [0.3, 0.4) is 0 Å². The van der Waals surface area contributed by atoms with Crippen molar-refractivity contribution in [1.82, 2.24) is 0 Å². The predicted octanol–water partition coefficient (Wildman–Crippen LogP) is 22.9. The fourth-order valence-electron chi connectivity index (χ4n) is 13.0. The lowest BCUT2D eigenvalue weighted by Gasteiger charge is -2.44. The molecule has 1 aliphatic carbocycles. The number of fused-ring (bicyclic) bond motifs is 2. The standard InChI is InChI=1S/C80H104O2/c1-9-15-19-23-27-31-35-39-63-43-51-67(52-44-63)71-59-75-76(60-72(71)68-53-45-64(46-54-68)40-36-32-28-24-20-16-10-2)80(14-6,82-8)78-62-74(70-57-49-66(50-58-70)42-38-34-30-26-22-18-12-4)73(61-77(78)79(75,13-5)81-7)69-55-47-65(48-56-69)41-37-33-29-25-21-17-11-3/h5-6,43-62H,9-12,15-42H2,1-4,7-8H3. The molecule has 0 heterocycles. The first-order chi connectivity index (χ1) is 40.3. The third-order valence-electron chi connectivity index (χ3n) is 18.2. The van der Waals surface area contributed by atoms with Gasteiger partial charge < -0.3 is 9.47 Å². The second kappa shape index (κ2) is 34.2. The van der Waals surface area contributed by atoms with Crippen LogP contribution in [0.5, 0.6) is 0 Å². The lowest BCUT2D eigenvalue weighted by molar-refractivity contribution is 0.0333. The van der Waals surface area contributed by atoms with E-state index in [0.717, 1.165) is 92.4 Å². The van der Waals surface area contributed by atoms with E-state index in [2.05, 4.69) is 161 Å². The van der Waals surface area contributed by atoms with E-state index in [1.54, 1.807) is 14.2 Å². The topological polar surface area (TPSA) is 18.5 Å². The van der Waals surface area contributed by atoms with Crippen LogP contribution in [0.25, 0.3) is 44.5 Å². The van der Waals surface area contributed by atoms with Crippen molar-refractivity contribution < 1.29 is 9.47 Å². The van der Waals surface area contributed by atoms with Crippen LogP contribution < -0.4 is 0 Å². The summed E-state index contributed by atoms with van der Waals surface area (Å²) in [7, 11) is 3.52. The summed E-state index contributed by atoms with van der Waals surface area (Å²) in [4.78, 5) is 0. The zero-order valence-electron chi connectivity index (χ0n) is 52.1. The van der Waals surface area contributed by atoms with Crippen molar-refractivity contribution in [2.75, 3.05) is 14.2 Å². The molecule has 0 aliphatic heterocycles. The Labute approximate surface area is 500 Å². The molecule has 7 rings (SSSR count). The van der Waals surface area contributed by atoms with Gasteiger partial charge in [0.1, 0.15) is 0 Å². The molecule has 0 N–H and O–H groups in total. The van der Waals surface area contributed by atoms with Gasteiger partial charge in [0, 0.05) is 36.5 Å². The number of ether oxygens (including phenoxy) is 2. The summed E-state index contributed by atoms with van der Waals surface area (Å²) < 4.78 is 13.7. The van der Waals surface area contributed by atoms with Crippen molar-refractivity contribution in [3.63, 3.8) is 0 Å². The van der Waals surface area contributed by atoms with Gasteiger partial charge in [-0.15, -0.1) is 12.8 Å². The Kier molecular flexibility index (Phi) is 26.7. The summed E-state index contributed by atoms with van der Waals surface area (Å²) >= 11 is 0. The maximum atomic E-state index is 6.98. The van der Waals surface area contributed by atoms with E-state index in [0.29, 0.717) is 0 Å². The Morgan fingerprint density at radius 1 is 0.280 bits per heavy atom. The SMILES string of the molecule is C#CC1(OC)c2cc(-c3ccc(CCCCCCCCC)cc3)c(-c3ccc(CCCCCCCCC)cc3)cc2C(C#C)(OC)c2cc(-c3ccc(CCCCCCCCC)cc3)c(-c3ccc(CCCCCCCCC)cc3)cc21. The van der Waals surface area contributed by atoms with E-state index >= 15 is 0 Å². The summed E-state index contributed by atoms with van der Waals surface area (Å²) in [5, 5.41) is 0. The van der Waals surface area contributed by atoms with Crippen LogP contribution in [0.2, 0.25) is 0 Å². The number of unbranched alkanes of at least 4 members (excludes halogenated alkanes) is 24. The molecule has 0 fully saturated rings. The fraction of sp³-hybridized carbons (Fsp3) is 0.500. The second-order valence-corrected chi connectivity index (χ2v) is 24.2. The lowest BCUT2D eigenvalue weighted by Crippen LogP contribution is -2.44. The summed E-state index contributed by atoms with van der Waals surface area (Å²) in [5.74, 6) is 6.59. The third-order valence-corrected chi connectivity index (χ3v) is 18.2. The van der Waals surface area contributed by atoms with Crippen LogP contribution in [0.15, 0.2) is 121 Å². The minimum absolute atomic E-state index is 0.838. The Hall–Kier alpha value is -5.64. The molecular formula is C80H104O2. The lowest BCUT2D eigenvalue weighted by atomic mass is 9.65. The van der Waals surface area contributed by atoms with Gasteiger partial charge in [0.05, 0.1) is 0 Å². The maximum Gasteiger partial charge on any atom is 0.179 e. The largest absolute Gasteiger partial charge is 0.357 e. The molecule has 0 unspecified atom stereocenters. The molecule has 0 saturated heterocycles. The first kappa shape index (κ1) is 63.9. The van der Waals surface area contributed by atoms with E-state index in [1.807, 2.05) is 0 Å². The van der Waals surface area contributed by atoms with E-state index in [4.69, 9.17) is 22.3 Å². The zero-order valence-corrected chi connectivity index (χ0v) is 52.1. The Bertz CT molecular complexity index is 2510. The quantitative estimate of drug-likeness (QED) is 0.0284. The number of rotatable bonds is 38. The molecule has 436 valence electrons. The minimum atomic E-state index is -1.29. The highest BCUT2D eigenvalue weighted by Crippen LogP contribution is 2.55. The highest BCUT2D eigenvalue weighted by Gasteiger charge is 2.52. The van der Waals surface area contributed by atoms with Crippen LogP contribution in [-0.4, -0.2) is 14.2 Å². The number of aryl methyl sites for hydroxylation is 4. The average Bonchev–Trinajstić information content (AvgIpc) is 0.958. The first-order valence-corrected chi connectivity index (χ1v) is 33.1. The Balaban J connectivity index is 1.32. The second-order valence-electron chi connectivity index (χ2n) is 24.2. The molecule has 82 heavy (non-hydrogen) atoms. The van der Waals surface area contributed by atoms with E-state index in [-0.39, 0.29) is 0 Å². The molecule has 0 aromatic heterocycles. The fourth-order valence-corrected chi connectivity index (χ4v) is 13.0. The van der Waals surface area contributed by atoms with Gasteiger partial charge in [-0.1, -0.05) is 291 Å². The van der Waals surface area contributed by atoms with Crippen LogP contribution in [0.4, 0.5) is 0 Å². The molecule has 0 saturated carbocycles. The molecule has 2 nitrogen and oxygen atoms in total. The molecule has 6 aromatic carbocycles. The summed E-state index contributed by atoms with van der Waals surface area (Å²) in [6, 6.07) is 46.3. The van der Waals surface area contributed by atoms with Crippen molar-refractivity contribution >= 4 is 0 Å². The minimum Gasteiger partial charge on any atom is -0.357 e. The maximum absolute atomic E-state index is 6.98.